The lowest BCUT2D eigenvalue weighted by molar-refractivity contribution is -0.119. The highest BCUT2D eigenvalue weighted by molar-refractivity contribution is 5.96. The van der Waals surface area contributed by atoms with Gasteiger partial charge in [0.15, 0.2) is 0 Å². The standard InChI is InChI=1S/C18H17N3O2/c1-12-10-13-6-2-4-8-15(13)21(12)17(22)11-20-16-9-5-3-7-14(16)19-18(20)23/h2-9,12H,10-11H2,1H3,(H,19,23). The average Bonchev–Trinajstić information content (AvgIpc) is 3.04. The first-order chi connectivity index (χ1) is 11.1. The Morgan fingerprint density at radius 1 is 1.17 bits per heavy atom. The second-order valence-corrected chi connectivity index (χ2v) is 5.98. The zero-order valence-electron chi connectivity index (χ0n) is 12.8. The van der Waals surface area contributed by atoms with Gasteiger partial charge >= 0.3 is 5.69 Å². The Bertz CT molecular complexity index is 954. The van der Waals surface area contributed by atoms with Crippen molar-refractivity contribution in [3.05, 3.63) is 64.6 Å². The number of fused-ring (bicyclic) bond motifs is 2. The van der Waals surface area contributed by atoms with Crippen LogP contribution in [-0.4, -0.2) is 21.5 Å². The molecule has 5 nitrogen and oxygen atoms in total. The Hall–Kier alpha value is -2.82. The molecule has 0 radical (unpaired) electrons. The fourth-order valence-electron chi connectivity index (χ4n) is 3.42. The zero-order chi connectivity index (χ0) is 16.0. The van der Waals surface area contributed by atoms with E-state index in [9.17, 15) is 9.59 Å². The molecule has 1 atom stereocenters. The molecule has 2 heterocycles. The molecule has 3 aromatic rings. The SMILES string of the molecule is CC1Cc2ccccc2N1C(=O)Cn1c(=O)[nH]c2ccccc21. The third-order valence-electron chi connectivity index (χ3n) is 4.45. The number of aromatic nitrogens is 2. The number of aromatic amines is 1. The predicted octanol–water partition coefficient (Wildman–Crippen LogP) is 2.31. The number of rotatable bonds is 2. The summed E-state index contributed by atoms with van der Waals surface area (Å²) >= 11 is 0. The van der Waals surface area contributed by atoms with E-state index in [1.807, 2.05) is 54.3 Å². The largest absolute Gasteiger partial charge is 0.326 e. The molecule has 5 heteroatoms. The number of carbonyl (C=O) groups excluding carboxylic acids is 1. The van der Waals surface area contributed by atoms with Crippen molar-refractivity contribution in [3.8, 4) is 0 Å². The van der Waals surface area contributed by atoms with Crippen molar-refractivity contribution >= 4 is 22.6 Å². The summed E-state index contributed by atoms with van der Waals surface area (Å²) in [5, 5.41) is 0. The van der Waals surface area contributed by atoms with Crippen LogP contribution in [0, 0.1) is 0 Å². The Balaban J connectivity index is 1.70. The van der Waals surface area contributed by atoms with Crippen molar-refractivity contribution in [1.29, 1.82) is 0 Å². The fraction of sp³-hybridized carbons (Fsp3) is 0.222. The van der Waals surface area contributed by atoms with Gasteiger partial charge in [-0.15, -0.1) is 0 Å². The minimum atomic E-state index is -0.250. The Kier molecular flexibility index (Phi) is 3.08. The van der Waals surface area contributed by atoms with Gasteiger partial charge in [-0.2, -0.15) is 0 Å². The van der Waals surface area contributed by atoms with E-state index in [2.05, 4.69) is 11.1 Å². The fourth-order valence-corrected chi connectivity index (χ4v) is 3.42. The lowest BCUT2D eigenvalue weighted by atomic mass is 10.1. The number of carbonyl (C=O) groups is 1. The Labute approximate surface area is 133 Å². The molecule has 0 bridgehead atoms. The highest BCUT2D eigenvalue weighted by Crippen LogP contribution is 2.32. The van der Waals surface area contributed by atoms with Gasteiger partial charge in [-0.1, -0.05) is 30.3 Å². The van der Waals surface area contributed by atoms with Gasteiger partial charge in [0, 0.05) is 11.7 Å². The maximum Gasteiger partial charge on any atom is 0.326 e. The molecule has 0 saturated heterocycles. The summed E-state index contributed by atoms with van der Waals surface area (Å²) < 4.78 is 1.51. The first kappa shape index (κ1) is 13.8. The van der Waals surface area contributed by atoms with E-state index in [1.165, 1.54) is 10.1 Å². The quantitative estimate of drug-likeness (QED) is 0.790. The molecule has 1 aliphatic rings. The number of imidazole rings is 1. The van der Waals surface area contributed by atoms with Gasteiger partial charge in [0.25, 0.3) is 0 Å². The Morgan fingerprint density at radius 2 is 1.91 bits per heavy atom. The first-order valence-electron chi connectivity index (χ1n) is 7.72. The number of benzene rings is 2. The van der Waals surface area contributed by atoms with Crippen LogP contribution < -0.4 is 10.6 Å². The molecule has 0 saturated carbocycles. The van der Waals surface area contributed by atoms with Crippen LogP contribution in [0.4, 0.5) is 5.69 Å². The molecule has 0 fully saturated rings. The normalized spacial score (nSPS) is 16.7. The topological polar surface area (TPSA) is 58.1 Å². The maximum atomic E-state index is 12.8. The summed E-state index contributed by atoms with van der Waals surface area (Å²) in [5.41, 5.74) is 3.39. The van der Waals surface area contributed by atoms with Gasteiger partial charge in [-0.25, -0.2) is 4.79 Å². The molecular weight excluding hydrogens is 290 g/mol. The number of nitrogens with one attached hydrogen (secondary N) is 1. The van der Waals surface area contributed by atoms with E-state index in [-0.39, 0.29) is 24.2 Å². The predicted molar refractivity (Wildman–Crippen MR) is 89.7 cm³/mol. The van der Waals surface area contributed by atoms with Crippen LogP contribution in [0.3, 0.4) is 0 Å². The van der Waals surface area contributed by atoms with Gasteiger partial charge in [0.2, 0.25) is 5.91 Å². The van der Waals surface area contributed by atoms with E-state index >= 15 is 0 Å². The summed E-state index contributed by atoms with van der Waals surface area (Å²) in [6.45, 7) is 2.08. The minimum absolute atomic E-state index is 0.0432. The van der Waals surface area contributed by atoms with Crippen LogP contribution in [0.5, 0.6) is 0 Å². The molecule has 0 spiro atoms. The Morgan fingerprint density at radius 3 is 2.78 bits per heavy atom. The van der Waals surface area contributed by atoms with Crippen LogP contribution in [0.25, 0.3) is 11.0 Å². The molecule has 1 N–H and O–H groups in total. The summed E-state index contributed by atoms with van der Waals surface area (Å²) in [6, 6.07) is 15.5. The first-order valence-corrected chi connectivity index (χ1v) is 7.72. The van der Waals surface area contributed by atoms with Crippen molar-refractivity contribution in [2.45, 2.75) is 25.9 Å². The van der Waals surface area contributed by atoms with E-state index < -0.39 is 0 Å². The van der Waals surface area contributed by atoms with Gasteiger partial charge in [-0.05, 0) is 37.1 Å². The van der Waals surface area contributed by atoms with Crippen LogP contribution in [0.1, 0.15) is 12.5 Å². The number of H-pyrrole nitrogens is 1. The second-order valence-electron chi connectivity index (χ2n) is 5.98. The number of hydrogen-bond acceptors (Lipinski definition) is 2. The molecule has 1 amide bonds. The number of para-hydroxylation sites is 3. The lowest BCUT2D eigenvalue weighted by Gasteiger charge is -2.22. The third kappa shape index (κ3) is 2.16. The van der Waals surface area contributed by atoms with Crippen molar-refractivity contribution in [1.82, 2.24) is 9.55 Å². The molecule has 116 valence electrons. The van der Waals surface area contributed by atoms with Gasteiger partial charge in [-0.3, -0.25) is 9.36 Å². The van der Waals surface area contributed by atoms with E-state index in [0.29, 0.717) is 0 Å². The van der Waals surface area contributed by atoms with Gasteiger partial charge < -0.3 is 9.88 Å². The lowest BCUT2D eigenvalue weighted by Crippen LogP contribution is -2.39. The van der Waals surface area contributed by atoms with Gasteiger partial charge in [0.1, 0.15) is 6.54 Å². The second kappa shape index (κ2) is 5.12. The van der Waals surface area contributed by atoms with Gasteiger partial charge in [0.05, 0.1) is 11.0 Å². The maximum absolute atomic E-state index is 12.8. The average molecular weight is 307 g/mol. The monoisotopic (exact) mass is 307 g/mol. The van der Waals surface area contributed by atoms with Crippen molar-refractivity contribution in [3.63, 3.8) is 0 Å². The molecule has 23 heavy (non-hydrogen) atoms. The number of nitrogens with zero attached hydrogens (tertiary/aromatic N) is 2. The number of anilines is 1. The highest BCUT2D eigenvalue weighted by atomic mass is 16.2. The molecular formula is C18H17N3O2. The van der Waals surface area contributed by atoms with Crippen LogP contribution in [-0.2, 0) is 17.8 Å². The molecule has 1 aromatic heterocycles. The van der Waals surface area contributed by atoms with Crippen LogP contribution in [0.15, 0.2) is 53.3 Å². The zero-order valence-corrected chi connectivity index (χ0v) is 12.8. The summed E-state index contributed by atoms with van der Waals surface area (Å²) in [4.78, 5) is 29.6. The molecule has 0 aliphatic carbocycles. The molecule has 1 aliphatic heterocycles. The minimum Gasteiger partial charge on any atom is -0.307 e. The molecule has 1 unspecified atom stereocenters. The summed E-state index contributed by atoms with van der Waals surface area (Å²) in [7, 11) is 0. The van der Waals surface area contributed by atoms with Crippen molar-refractivity contribution in [2.75, 3.05) is 4.90 Å². The number of amides is 1. The highest BCUT2D eigenvalue weighted by Gasteiger charge is 2.30. The van der Waals surface area contributed by atoms with Crippen molar-refractivity contribution in [2.24, 2.45) is 0 Å². The van der Waals surface area contributed by atoms with Crippen molar-refractivity contribution < 1.29 is 4.79 Å². The molecule has 4 rings (SSSR count). The summed E-state index contributed by atoms with van der Waals surface area (Å²) in [6.07, 6.45) is 0.852. The smallest absolute Gasteiger partial charge is 0.307 e. The van der Waals surface area contributed by atoms with Crippen LogP contribution >= 0.6 is 0 Å². The number of hydrogen-bond donors (Lipinski definition) is 1. The summed E-state index contributed by atoms with van der Waals surface area (Å²) in [5.74, 6) is -0.0608. The van der Waals surface area contributed by atoms with E-state index in [0.717, 1.165) is 23.1 Å². The third-order valence-corrected chi connectivity index (χ3v) is 4.45. The molecule has 2 aromatic carbocycles. The van der Waals surface area contributed by atoms with Crippen LogP contribution in [0.2, 0.25) is 0 Å². The van der Waals surface area contributed by atoms with E-state index in [4.69, 9.17) is 0 Å². The van der Waals surface area contributed by atoms with E-state index in [1.54, 1.807) is 0 Å².